The van der Waals surface area contributed by atoms with Crippen LogP contribution in [0.4, 0.5) is 4.39 Å². The molecule has 0 fully saturated rings. The van der Waals surface area contributed by atoms with Gasteiger partial charge in [-0.15, -0.1) is 4.80 Å². The molecule has 0 aliphatic carbocycles. The average Bonchev–Trinajstić information content (AvgIpc) is 3.68. The molecule has 0 saturated heterocycles. The second-order valence-electron chi connectivity index (χ2n) is 10.3. The van der Waals surface area contributed by atoms with Crippen molar-refractivity contribution in [1.82, 2.24) is 24.1 Å². The van der Waals surface area contributed by atoms with Gasteiger partial charge in [-0.3, -0.25) is 14.2 Å². The fraction of sp³-hybridized carbons (Fsp3) is 0.290. The lowest BCUT2D eigenvalue weighted by Crippen LogP contribution is -2.44. The monoisotopic (exact) mass is 635 g/mol. The molecule has 0 aliphatic heterocycles. The zero-order valence-corrected chi connectivity index (χ0v) is 25.7. The lowest BCUT2D eigenvalue weighted by atomic mass is 10.1. The Morgan fingerprint density at radius 1 is 1.07 bits per heavy atom. The summed E-state index contributed by atoms with van der Waals surface area (Å²) >= 11 is 1.09. The Morgan fingerprint density at radius 3 is 2.44 bits per heavy atom. The third-order valence-corrected chi connectivity index (χ3v) is 8.43. The predicted molar refractivity (Wildman–Crippen MR) is 163 cm³/mol. The van der Waals surface area contributed by atoms with Gasteiger partial charge in [0.15, 0.2) is 5.78 Å². The maximum absolute atomic E-state index is 14.5. The molecule has 5 aromatic rings. The van der Waals surface area contributed by atoms with Crippen LogP contribution in [-0.4, -0.2) is 49.6 Å². The SMILES string of the molecule is COc1ccc(F)cc1[C@H](Cn1c(=O)n(C(C)C(=O)OCc2ccccc2)c(=O)c2c(C)c(-n3nccn3)sc21)OCC(C)=O. The summed E-state index contributed by atoms with van der Waals surface area (Å²) < 4.78 is 33.4. The van der Waals surface area contributed by atoms with Gasteiger partial charge in [0, 0.05) is 11.1 Å². The maximum Gasteiger partial charge on any atom is 0.333 e. The number of ketones is 1. The van der Waals surface area contributed by atoms with E-state index < -0.39 is 35.2 Å². The van der Waals surface area contributed by atoms with Gasteiger partial charge in [0.25, 0.3) is 5.56 Å². The standard InChI is InChI=1S/C31H30FN5O7S/c1-18(38)16-43-25(23-14-22(32)10-11-24(23)42-4)15-35-29-26(19(2)28(45-29)37-33-12-13-34-37)27(39)36(31(35)41)20(3)30(40)44-17-21-8-6-5-7-9-21/h5-14,20,25H,15-17H2,1-4H3/t20?,25-/m0/s1. The van der Waals surface area contributed by atoms with E-state index in [0.29, 0.717) is 10.6 Å². The van der Waals surface area contributed by atoms with Crippen LogP contribution in [0, 0.1) is 12.7 Å². The summed E-state index contributed by atoms with van der Waals surface area (Å²) in [4.78, 5) is 54.9. The van der Waals surface area contributed by atoms with Crippen molar-refractivity contribution >= 4 is 33.3 Å². The van der Waals surface area contributed by atoms with Crippen LogP contribution in [0.15, 0.2) is 70.5 Å². The number of aryl methyl sites for hydroxylation is 1. The normalized spacial score (nSPS) is 12.6. The molecular weight excluding hydrogens is 605 g/mol. The number of esters is 1. The smallest absolute Gasteiger partial charge is 0.333 e. The minimum absolute atomic E-state index is 0.0535. The number of benzene rings is 2. The summed E-state index contributed by atoms with van der Waals surface area (Å²) in [7, 11) is 1.40. The molecule has 12 nitrogen and oxygen atoms in total. The average molecular weight is 636 g/mol. The number of carbonyl (C=O) groups excluding carboxylic acids is 2. The number of methoxy groups -OCH3 is 1. The second-order valence-corrected chi connectivity index (χ2v) is 11.2. The Labute approximate surface area is 260 Å². The third-order valence-electron chi connectivity index (χ3n) is 7.15. The number of fused-ring (bicyclic) bond motifs is 1. The van der Waals surface area contributed by atoms with E-state index in [9.17, 15) is 23.6 Å². The van der Waals surface area contributed by atoms with Crippen LogP contribution in [-0.2, 0) is 32.2 Å². The summed E-state index contributed by atoms with van der Waals surface area (Å²) in [6.07, 6.45) is 1.88. The highest BCUT2D eigenvalue weighted by Crippen LogP contribution is 2.34. The van der Waals surface area contributed by atoms with Gasteiger partial charge in [0.05, 0.1) is 31.4 Å². The Kier molecular flexibility index (Phi) is 9.34. The van der Waals surface area contributed by atoms with Crippen molar-refractivity contribution in [2.45, 2.75) is 46.1 Å². The van der Waals surface area contributed by atoms with Gasteiger partial charge in [-0.05, 0) is 44.5 Å². The number of Topliss-reactive ketones (excluding diaryl/α,β-unsaturated/α-hetero) is 1. The Morgan fingerprint density at radius 2 is 1.78 bits per heavy atom. The number of hydrogen-bond acceptors (Lipinski definition) is 10. The van der Waals surface area contributed by atoms with E-state index >= 15 is 0 Å². The Hall–Kier alpha value is -4.95. The van der Waals surface area contributed by atoms with E-state index in [-0.39, 0.29) is 47.1 Å². The molecule has 3 aromatic heterocycles. The molecule has 14 heteroatoms. The summed E-state index contributed by atoms with van der Waals surface area (Å²) in [5.74, 6) is -1.41. The second kappa shape index (κ2) is 13.4. The molecular formula is C31H30FN5O7S. The highest BCUT2D eigenvalue weighted by atomic mass is 32.1. The van der Waals surface area contributed by atoms with Crippen molar-refractivity contribution in [3.63, 3.8) is 0 Å². The van der Waals surface area contributed by atoms with Gasteiger partial charge < -0.3 is 14.2 Å². The number of aromatic nitrogens is 5. The quantitative estimate of drug-likeness (QED) is 0.187. The summed E-state index contributed by atoms with van der Waals surface area (Å²) in [5.41, 5.74) is -0.0724. The van der Waals surface area contributed by atoms with Gasteiger partial charge in [-0.25, -0.2) is 18.5 Å². The lowest BCUT2D eigenvalue weighted by molar-refractivity contribution is -0.148. The van der Waals surface area contributed by atoms with Gasteiger partial charge in [-0.2, -0.15) is 10.2 Å². The minimum Gasteiger partial charge on any atom is -0.496 e. The first-order chi connectivity index (χ1) is 21.6. The molecule has 5 rings (SSSR count). The van der Waals surface area contributed by atoms with E-state index in [2.05, 4.69) is 10.2 Å². The number of halogens is 1. The van der Waals surface area contributed by atoms with E-state index in [1.54, 1.807) is 31.2 Å². The van der Waals surface area contributed by atoms with Crippen LogP contribution in [0.3, 0.4) is 0 Å². The first-order valence-corrected chi connectivity index (χ1v) is 14.7. The fourth-order valence-corrected chi connectivity index (χ4v) is 6.12. The molecule has 0 amide bonds. The number of thiophene rings is 1. The van der Waals surface area contributed by atoms with Crippen molar-refractivity contribution in [2.24, 2.45) is 0 Å². The zero-order valence-electron chi connectivity index (χ0n) is 24.9. The molecule has 234 valence electrons. The molecule has 0 spiro atoms. The van der Waals surface area contributed by atoms with Crippen LogP contribution in [0.5, 0.6) is 5.75 Å². The number of carbonyl (C=O) groups is 2. The van der Waals surface area contributed by atoms with Gasteiger partial charge in [0.1, 0.15) is 46.8 Å². The molecule has 45 heavy (non-hydrogen) atoms. The van der Waals surface area contributed by atoms with Gasteiger partial charge >= 0.3 is 11.7 Å². The first kappa shape index (κ1) is 31.5. The van der Waals surface area contributed by atoms with E-state index in [0.717, 1.165) is 21.5 Å². The highest BCUT2D eigenvalue weighted by molar-refractivity contribution is 7.21. The molecule has 3 heterocycles. The molecule has 0 saturated carbocycles. The van der Waals surface area contributed by atoms with Crippen LogP contribution < -0.4 is 16.0 Å². The van der Waals surface area contributed by atoms with Crippen LogP contribution in [0.25, 0.3) is 15.2 Å². The molecule has 0 N–H and O–H groups in total. The van der Waals surface area contributed by atoms with Crippen molar-refractivity contribution in [1.29, 1.82) is 0 Å². The van der Waals surface area contributed by atoms with Gasteiger partial charge in [0.2, 0.25) is 0 Å². The zero-order chi connectivity index (χ0) is 32.2. The molecule has 0 aliphatic rings. The van der Waals surface area contributed by atoms with Crippen molar-refractivity contribution in [2.75, 3.05) is 13.7 Å². The van der Waals surface area contributed by atoms with E-state index in [1.165, 1.54) is 60.9 Å². The van der Waals surface area contributed by atoms with Crippen molar-refractivity contribution < 1.29 is 28.2 Å². The number of ether oxygens (including phenoxy) is 3. The molecule has 0 radical (unpaired) electrons. The fourth-order valence-electron chi connectivity index (χ4n) is 4.90. The largest absolute Gasteiger partial charge is 0.496 e. The van der Waals surface area contributed by atoms with Crippen molar-refractivity contribution in [3.8, 4) is 10.8 Å². The third kappa shape index (κ3) is 6.47. The summed E-state index contributed by atoms with van der Waals surface area (Å²) in [6.45, 7) is 3.77. The molecule has 2 atom stereocenters. The highest BCUT2D eigenvalue weighted by Gasteiger charge is 2.29. The first-order valence-electron chi connectivity index (χ1n) is 13.9. The number of nitrogens with zero attached hydrogens (tertiary/aromatic N) is 5. The molecule has 0 bridgehead atoms. The Bertz CT molecular complexity index is 1970. The minimum atomic E-state index is -1.31. The Balaban J connectivity index is 1.67. The lowest BCUT2D eigenvalue weighted by Gasteiger charge is -2.23. The molecule has 1 unspecified atom stereocenters. The van der Waals surface area contributed by atoms with E-state index in [1.807, 2.05) is 6.07 Å². The molecule has 2 aromatic carbocycles. The number of hydrogen-bond donors (Lipinski definition) is 0. The van der Waals surface area contributed by atoms with Gasteiger partial charge in [-0.1, -0.05) is 41.7 Å². The number of rotatable bonds is 12. The van der Waals surface area contributed by atoms with Crippen LogP contribution in [0.2, 0.25) is 0 Å². The predicted octanol–water partition coefficient (Wildman–Crippen LogP) is 3.91. The van der Waals surface area contributed by atoms with Crippen LogP contribution in [0.1, 0.15) is 42.7 Å². The van der Waals surface area contributed by atoms with E-state index in [4.69, 9.17) is 14.2 Å². The summed E-state index contributed by atoms with van der Waals surface area (Å²) in [6, 6.07) is 11.5. The maximum atomic E-state index is 14.5. The topological polar surface area (TPSA) is 137 Å². The van der Waals surface area contributed by atoms with Crippen LogP contribution >= 0.6 is 11.3 Å². The van der Waals surface area contributed by atoms with Crippen molar-refractivity contribution in [3.05, 3.63) is 104 Å². The summed E-state index contributed by atoms with van der Waals surface area (Å²) in [5, 5.41) is 8.99.